The van der Waals surface area contributed by atoms with Crippen molar-refractivity contribution in [2.24, 2.45) is 5.10 Å². The molecule has 9 heteroatoms. The van der Waals surface area contributed by atoms with E-state index in [9.17, 15) is 9.59 Å². The molecule has 0 N–H and O–H groups in total. The Balaban J connectivity index is 1.69. The van der Waals surface area contributed by atoms with Gasteiger partial charge in [-0.3, -0.25) is 4.98 Å². The third kappa shape index (κ3) is 4.85. The first-order valence-electron chi connectivity index (χ1n) is 8.78. The predicted octanol–water partition coefficient (Wildman–Crippen LogP) is 1.43. The van der Waals surface area contributed by atoms with Gasteiger partial charge in [-0.2, -0.15) is 10.1 Å². The molecular weight excluding hydrogens is 362 g/mol. The third-order valence-corrected chi connectivity index (χ3v) is 4.32. The van der Waals surface area contributed by atoms with Gasteiger partial charge in [0.05, 0.1) is 12.8 Å². The minimum absolute atomic E-state index is 0.193. The lowest BCUT2D eigenvalue weighted by Gasteiger charge is -2.39. The zero-order chi connectivity index (χ0) is 19.8. The number of pyridine rings is 1. The maximum absolute atomic E-state index is 11.3. The van der Waals surface area contributed by atoms with Crippen LogP contribution in [0.3, 0.4) is 0 Å². The Labute approximate surface area is 162 Å². The Morgan fingerprint density at radius 3 is 2.64 bits per heavy atom. The van der Waals surface area contributed by atoms with E-state index in [0.717, 1.165) is 18.8 Å². The fraction of sp³-hybridized carbons (Fsp3) is 0.316. The van der Waals surface area contributed by atoms with Crippen molar-refractivity contribution >= 4 is 23.4 Å². The molecule has 0 amide bonds. The highest BCUT2D eigenvalue weighted by Gasteiger charge is 2.23. The summed E-state index contributed by atoms with van der Waals surface area (Å²) in [4.78, 5) is 28.5. The topological polar surface area (TPSA) is 87.6 Å². The summed E-state index contributed by atoms with van der Waals surface area (Å²) in [5, 5.41) is 7.32. The van der Waals surface area contributed by atoms with Crippen molar-refractivity contribution in [3.63, 3.8) is 0 Å². The van der Waals surface area contributed by atoms with Gasteiger partial charge in [-0.15, -0.1) is 0 Å². The van der Waals surface area contributed by atoms with Crippen LogP contribution in [0.15, 0.2) is 53.9 Å². The standard InChI is InChI=1S/C19H21N5O4/c1-27-19(26)14-28-18-4-2-3-17(13-18)24(21-15-25)23-11-9-22(10-12-23)16-5-7-20-8-6-16/h2-8,13H,9-12,14H2,1H3. The number of carbonyl (C=O) groups is 1. The van der Waals surface area contributed by atoms with Gasteiger partial charge in [-0.05, 0) is 24.3 Å². The predicted molar refractivity (Wildman–Crippen MR) is 103 cm³/mol. The molecule has 1 fully saturated rings. The van der Waals surface area contributed by atoms with Crippen LogP contribution in [0.5, 0.6) is 5.75 Å². The number of hydrogen-bond donors (Lipinski definition) is 0. The molecule has 0 spiro atoms. The molecule has 0 bridgehead atoms. The Morgan fingerprint density at radius 2 is 1.96 bits per heavy atom. The number of methoxy groups -OCH3 is 1. The third-order valence-electron chi connectivity index (χ3n) is 4.32. The van der Waals surface area contributed by atoms with E-state index >= 15 is 0 Å². The van der Waals surface area contributed by atoms with E-state index in [1.165, 1.54) is 12.2 Å². The van der Waals surface area contributed by atoms with E-state index in [1.54, 1.807) is 42.7 Å². The molecule has 9 nitrogen and oxygen atoms in total. The monoisotopic (exact) mass is 383 g/mol. The number of hydrogen-bond acceptors (Lipinski definition) is 9. The molecule has 1 saturated heterocycles. The summed E-state index contributed by atoms with van der Waals surface area (Å²) in [5.74, 6) is 0.00447. The largest absolute Gasteiger partial charge is 0.482 e. The van der Waals surface area contributed by atoms with Gasteiger partial charge in [0.2, 0.25) is 0 Å². The lowest BCUT2D eigenvalue weighted by molar-refractivity contribution is -0.142. The Bertz CT molecular complexity index is 833. The van der Waals surface area contributed by atoms with Crippen LogP contribution in [0.4, 0.5) is 11.4 Å². The maximum Gasteiger partial charge on any atom is 0.343 e. The maximum atomic E-state index is 11.3. The van der Waals surface area contributed by atoms with Gasteiger partial charge in [0.25, 0.3) is 6.08 Å². The fourth-order valence-electron chi connectivity index (χ4n) is 2.92. The van der Waals surface area contributed by atoms with Crippen molar-refractivity contribution in [2.45, 2.75) is 0 Å². The molecule has 0 atom stereocenters. The van der Waals surface area contributed by atoms with Crippen molar-refractivity contribution in [2.75, 3.05) is 49.9 Å². The Hall–Kier alpha value is -3.42. The minimum Gasteiger partial charge on any atom is -0.482 e. The summed E-state index contributed by atoms with van der Waals surface area (Å²) in [6, 6.07) is 10.9. The van der Waals surface area contributed by atoms with Crippen LogP contribution in [0.1, 0.15) is 0 Å². The van der Waals surface area contributed by atoms with Crippen LogP contribution in [-0.2, 0) is 14.3 Å². The SMILES string of the molecule is COC(=O)COc1cccc(N(N=C=O)N2CCN(c3ccncc3)CC2)c1. The van der Waals surface area contributed by atoms with Crippen LogP contribution < -0.4 is 14.8 Å². The number of rotatable bonds is 7. The first-order valence-corrected chi connectivity index (χ1v) is 8.78. The van der Waals surface area contributed by atoms with Crippen molar-refractivity contribution in [3.8, 4) is 5.75 Å². The van der Waals surface area contributed by atoms with Crippen LogP contribution in [0.2, 0.25) is 0 Å². The first-order chi connectivity index (χ1) is 13.7. The summed E-state index contributed by atoms with van der Waals surface area (Å²) < 4.78 is 9.98. The molecule has 0 radical (unpaired) electrons. The number of anilines is 2. The van der Waals surface area contributed by atoms with Crippen molar-refractivity contribution in [3.05, 3.63) is 48.8 Å². The minimum atomic E-state index is -0.472. The van der Waals surface area contributed by atoms with Gasteiger partial charge >= 0.3 is 5.97 Å². The number of ether oxygens (including phenoxy) is 2. The van der Waals surface area contributed by atoms with Crippen LogP contribution in [0.25, 0.3) is 0 Å². The Morgan fingerprint density at radius 1 is 1.21 bits per heavy atom. The number of carbonyl (C=O) groups excluding carboxylic acids is 2. The highest BCUT2D eigenvalue weighted by atomic mass is 16.6. The summed E-state index contributed by atoms with van der Waals surface area (Å²) >= 11 is 0. The van der Waals surface area contributed by atoms with Crippen molar-refractivity contribution < 1.29 is 19.1 Å². The lowest BCUT2D eigenvalue weighted by atomic mass is 10.3. The molecule has 1 aromatic heterocycles. The number of hydrazone groups is 1. The summed E-state index contributed by atoms with van der Waals surface area (Å²) in [6.07, 6.45) is 5.14. The molecule has 1 aliphatic heterocycles. The highest BCUT2D eigenvalue weighted by Crippen LogP contribution is 2.24. The first kappa shape index (κ1) is 19.3. The van der Waals surface area contributed by atoms with Crippen LogP contribution in [0, 0.1) is 0 Å². The number of benzene rings is 1. The van der Waals surface area contributed by atoms with Crippen LogP contribution in [-0.4, -0.2) is 61.9 Å². The van der Waals surface area contributed by atoms with E-state index in [2.05, 4.69) is 19.7 Å². The number of piperazine rings is 1. The molecule has 146 valence electrons. The lowest BCUT2D eigenvalue weighted by Crippen LogP contribution is -2.52. The molecule has 0 unspecified atom stereocenters. The second-order valence-electron chi connectivity index (χ2n) is 5.99. The molecular formula is C19H21N5O4. The molecule has 3 rings (SSSR count). The van der Waals surface area contributed by atoms with E-state index < -0.39 is 5.97 Å². The quantitative estimate of drug-likeness (QED) is 0.307. The van der Waals surface area contributed by atoms with E-state index in [0.29, 0.717) is 24.5 Å². The fourth-order valence-corrected chi connectivity index (χ4v) is 2.92. The zero-order valence-electron chi connectivity index (χ0n) is 15.5. The summed E-state index contributed by atoms with van der Waals surface area (Å²) in [5.41, 5.74) is 1.75. The van der Waals surface area contributed by atoms with E-state index in [-0.39, 0.29) is 6.61 Å². The van der Waals surface area contributed by atoms with Gasteiger partial charge in [0, 0.05) is 50.3 Å². The Kier molecular flexibility index (Phi) is 6.56. The molecule has 2 heterocycles. The molecule has 2 aromatic rings. The molecule has 0 saturated carbocycles. The van der Waals surface area contributed by atoms with Crippen LogP contribution >= 0.6 is 0 Å². The number of esters is 1. The number of hydrazine groups is 1. The normalized spacial score (nSPS) is 14.1. The molecule has 0 aliphatic carbocycles. The van der Waals surface area contributed by atoms with E-state index in [1.807, 2.05) is 17.1 Å². The van der Waals surface area contributed by atoms with Gasteiger partial charge in [0.15, 0.2) is 6.61 Å². The number of isocyanates is 1. The second-order valence-corrected chi connectivity index (χ2v) is 5.99. The average Bonchev–Trinajstić information content (AvgIpc) is 2.77. The van der Waals surface area contributed by atoms with Gasteiger partial charge in [-0.25, -0.2) is 9.59 Å². The van der Waals surface area contributed by atoms with Gasteiger partial charge < -0.3 is 14.4 Å². The molecule has 1 aliphatic rings. The summed E-state index contributed by atoms with van der Waals surface area (Å²) in [6.45, 7) is 2.68. The van der Waals surface area contributed by atoms with Gasteiger partial charge in [0.1, 0.15) is 5.75 Å². The number of nitrogens with zero attached hydrogens (tertiary/aromatic N) is 5. The van der Waals surface area contributed by atoms with E-state index in [4.69, 9.17) is 4.74 Å². The molecule has 28 heavy (non-hydrogen) atoms. The van der Waals surface area contributed by atoms with Gasteiger partial charge in [-0.1, -0.05) is 11.2 Å². The smallest absolute Gasteiger partial charge is 0.343 e. The number of aromatic nitrogens is 1. The van der Waals surface area contributed by atoms with Crippen molar-refractivity contribution in [1.82, 2.24) is 9.99 Å². The highest BCUT2D eigenvalue weighted by molar-refractivity contribution is 5.71. The summed E-state index contributed by atoms with van der Waals surface area (Å²) in [7, 11) is 1.30. The zero-order valence-corrected chi connectivity index (χ0v) is 15.5. The second kappa shape index (κ2) is 9.50. The molecule has 1 aromatic carbocycles. The van der Waals surface area contributed by atoms with Crippen molar-refractivity contribution in [1.29, 1.82) is 0 Å². The average molecular weight is 383 g/mol.